The first-order valence-corrected chi connectivity index (χ1v) is 7.84. The highest BCUT2D eigenvalue weighted by Gasteiger charge is 2.09. The van der Waals surface area contributed by atoms with Gasteiger partial charge in [-0.15, -0.1) is 0 Å². The number of carbonyl (C=O) groups excluding carboxylic acids is 1. The first kappa shape index (κ1) is 15.3. The Morgan fingerprint density at radius 3 is 2.57 bits per heavy atom. The minimum atomic E-state index is -0.249. The maximum Gasteiger partial charge on any atom is 0.267 e. The predicted octanol–water partition coefficient (Wildman–Crippen LogP) is 4.50. The van der Waals surface area contributed by atoms with Crippen molar-refractivity contribution < 1.29 is 9.18 Å². The van der Waals surface area contributed by atoms with Crippen molar-refractivity contribution in [3.05, 3.63) is 60.0 Å². The van der Waals surface area contributed by atoms with Gasteiger partial charge < -0.3 is 10.3 Å². The van der Waals surface area contributed by atoms with Gasteiger partial charge in [0.1, 0.15) is 11.5 Å². The summed E-state index contributed by atoms with van der Waals surface area (Å²) in [5, 5.41) is 3.88. The van der Waals surface area contributed by atoms with Crippen molar-refractivity contribution in [3.63, 3.8) is 0 Å². The average molecular weight is 310 g/mol. The molecule has 3 rings (SSSR count). The van der Waals surface area contributed by atoms with Gasteiger partial charge in [-0.1, -0.05) is 37.6 Å². The van der Waals surface area contributed by atoms with Crippen LogP contribution in [0.15, 0.2) is 48.5 Å². The molecule has 1 heterocycles. The molecule has 0 saturated heterocycles. The van der Waals surface area contributed by atoms with E-state index in [1.54, 1.807) is 12.1 Å². The lowest BCUT2D eigenvalue weighted by molar-refractivity contribution is 0.0949. The Hall–Kier alpha value is -2.62. The average Bonchev–Trinajstić information content (AvgIpc) is 2.99. The van der Waals surface area contributed by atoms with Crippen LogP contribution in [0.1, 0.15) is 30.3 Å². The maximum atomic E-state index is 13.0. The van der Waals surface area contributed by atoms with Crippen LogP contribution in [0.4, 0.5) is 4.39 Å². The van der Waals surface area contributed by atoms with E-state index in [2.05, 4.69) is 17.2 Å². The molecule has 3 aromatic rings. The van der Waals surface area contributed by atoms with E-state index in [1.807, 2.05) is 24.3 Å². The number of rotatable bonds is 5. The number of aromatic nitrogens is 1. The van der Waals surface area contributed by atoms with Gasteiger partial charge in [0.05, 0.1) is 0 Å². The van der Waals surface area contributed by atoms with Crippen LogP contribution in [0.25, 0.3) is 22.0 Å². The molecular formula is C19H19FN2O. The summed E-state index contributed by atoms with van der Waals surface area (Å²) in [6.07, 6.45) is 2.02. The highest BCUT2D eigenvalue weighted by atomic mass is 19.1. The second kappa shape index (κ2) is 6.65. The van der Waals surface area contributed by atoms with Gasteiger partial charge in [0.2, 0.25) is 0 Å². The van der Waals surface area contributed by atoms with Crippen LogP contribution in [0.2, 0.25) is 0 Å². The van der Waals surface area contributed by atoms with E-state index in [0.29, 0.717) is 12.2 Å². The summed E-state index contributed by atoms with van der Waals surface area (Å²) in [5.74, 6) is -0.335. The molecule has 0 spiro atoms. The number of amides is 1. The van der Waals surface area contributed by atoms with Crippen molar-refractivity contribution in [2.75, 3.05) is 6.54 Å². The fraction of sp³-hybridized carbons (Fsp3) is 0.211. The van der Waals surface area contributed by atoms with Crippen molar-refractivity contribution in [2.24, 2.45) is 0 Å². The third-order valence-corrected chi connectivity index (χ3v) is 3.86. The van der Waals surface area contributed by atoms with Crippen molar-refractivity contribution in [2.45, 2.75) is 19.8 Å². The van der Waals surface area contributed by atoms with Crippen LogP contribution in [-0.4, -0.2) is 17.4 Å². The van der Waals surface area contributed by atoms with Crippen LogP contribution in [0.5, 0.6) is 0 Å². The molecule has 0 unspecified atom stereocenters. The maximum absolute atomic E-state index is 13.0. The van der Waals surface area contributed by atoms with E-state index in [1.165, 1.54) is 12.1 Å². The standard InChI is InChI=1S/C19H19FN2O/c1-2-3-10-21-19(23)18-12-15-5-4-14(11-17(15)22-18)13-6-8-16(20)9-7-13/h4-9,11-12,22H,2-3,10H2,1H3,(H,21,23). The monoisotopic (exact) mass is 310 g/mol. The molecule has 0 atom stereocenters. The van der Waals surface area contributed by atoms with Gasteiger partial charge in [0, 0.05) is 17.4 Å². The predicted molar refractivity (Wildman–Crippen MR) is 90.9 cm³/mol. The first-order chi connectivity index (χ1) is 11.2. The Morgan fingerprint density at radius 1 is 1.09 bits per heavy atom. The molecule has 2 aromatic carbocycles. The number of fused-ring (bicyclic) bond motifs is 1. The Bertz CT molecular complexity index is 821. The summed E-state index contributed by atoms with van der Waals surface area (Å²) >= 11 is 0. The summed E-state index contributed by atoms with van der Waals surface area (Å²) in [6, 6.07) is 14.2. The fourth-order valence-electron chi connectivity index (χ4n) is 2.55. The molecule has 0 fully saturated rings. The molecule has 4 heteroatoms. The Balaban J connectivity index is 1.86. The topological polar surface area (TPSA) is 44.9 Å². The number of nitrogens with one attached hydrogen (secondary N) is 2. The highest BCUT2D eigenvalue weighted by Crippen LogP contribution is 2.25. The molecule has 0 aliphatic carbocycles. The number of unbranched alkanes of at least 4 members (excludes halogenated alkanes) is 1. The lowest BCUT2D eigenvalue weighted by Gasteiger charge is -2.02. The molecule has 1 aromatic heterocycles. The molecular weight excluding hydrogens is 291 g/mol. The zero-order valence-electron chi connectivity index (χ0n) is 13.0. The largest absolute Gasteiger partial charge is 0.351 e. The third kappa shape index (κ3) is 3.42. The van der Waals surface area contributed by atoms with Gasteiger partial charge in [-0.25, -0.2) is 4.39 Å². The highest BCUT2D eigenvalue weighted by molar-refractivity contribution is 5.98. The van der Waals surface area contributed by atoms with E-state index in [4.69, 9.17) is 0 Å². The molecule has 2 N–H and O–H groups in total. The van der Waals surface area contributed by atoms with Crippen LogP contribution in [0, 0.1) is 5.82 Å². The first-order valence-electron chi connectivity index (χ1n) is 7.84. The number of benzene rings is 2. The lowest BCUT2D eigenvalue weighted by Crippen LogP contribution is -2.24. The lowest BCUT2D eigenvalue weighted by atomic mass is 10.0. The number of hydrogen-bond acceptors (Lipinski definition) is 1. The van der Waals surface area contributed by atoms with Crippen LogP contribution in [-0.2, 0) is 0 Å². The minimum Gasteiger partial charge on any atom is -0.351 e. The summed E-state index contributed by atoms with van der Waals surface area (Å²) < 4.78 is 13.0. The molecule has 0 bridgehead atoms. The minimum absolute atomic E-state index is 0.0852. The van der Waals surface area contributed by atoms with Gasteiger partial charge >= 0.3 is 0 Å². The van der Waals surface area contributed by atoms with Gasteiger partial charge in [-0.3, -0.25) is 4.79 Å². The molecule has 0 saturated carbocycles. The van der Waals surface area contributed by atoms with Crippen molar-refractivity contribution in [3.8, 4) is 11.1 Å². The molecule has 3 nitrogen and oxygen atoms in total. The van der Waals surface area contributed by atoms with E-state index < -0.39 is 0 Å². The molecule has 23 heavy (non-hydrogen) atoms. The quantitative estimate of drug-likeness (QED) is 0.669. The van der Waals surface area contributed by atoms with Gasteiger partial charge in [-0.05, 0) is 41.8 Å². The third-order valence-electron chi connectivity index (χ3n) is 3.86. The second-order valence-corrected chi connectivity index (χ2v) is 5.60. The Kier molecular flexibility index (Phi) is 4.42. The number of halogens is 1. The number of aromatic amines is 1. The number of carbonyl (C=O) groups is 1. The van der Waals surface area contributed by atoms with Gasteiger partial charge in [-0.2, -0.15) is 0 Å². The molecule has 118 valence electrons. The number of H-pyrrole nitrogens is 1. The van der Waals surface area contributed by atoms with Crippen LogP contribution < -0.4 is 5.32 Å². The Labute approximate surface area is 134 Å². The SMILES string of the molecule is CCCCNC(=O)c1cc2ccc(-c3ccc(F)cc3)cc2[nH]1. The molecule has 0 radical (unpaired) electrons. The van der Waals surface area contributed by atoms with E-state index in [-0.39, 0.29) is 11.7 Å². The summed E-state index contributed by atoms with van der Waals surface area (Å²) in [4.78, 5) is 15.3. The van der Waals surface area contributed by atoms with Crippen molar-refractivity contribution in [1.82, 2.24) is 10.3 Å². The van der Waals surface area contributed by atoms with Gasteiger partial charge in [0.15, 0.2) is 0 Å². The van der Waals surface area contributed by atoms with E-state index in [9.17, 15) is 9.18 Å². The van der Waals surface area contributed by atoms with Crippen LogP contribution >= 0.6 is 0 Å². The summed E-state index contributed by atoms with van der Waals surface area (Å²) in [5.41, 5.74) is 3.38. The zero-order chi connectivity index (χ0) is 16.2. The second-order valence-electron chi connectivity index (χ2n) is 5.60. The van der Waals surface area contributed by atoms with Crippen LogP contribution in [0.3, 0.4) is 0 Å². The van der Waals surface area contributed by atoms with Crippen molar-refractivity contribution in [1.29, 1.82) is 0 Å². The zero-order valence-corrected chi connectivity index (χ0v) is 13.0. The normalized spacial score (nSPS) is 10.9. The summed E-state index contributed by atoms with van der Waals surface area (Å²) in [6.45, 7) is 2.78. The Morgan fingerprint density at radius 2 is 1.83 bits per heavy atom. The van der Waals surface area contributed by atoms with E-state index >= 15 is 0 Å². The molecule has 1 amide bonds. The van der Waals surface area contributed by atoms with Crippen molar-refractivity contribution >= 4 is 16.8 Å². The fourth-order valence-corrected chi connectivity index (χ4v) is 2.55. The van der Waals surface area contributed by atoms with E-state index in [0.717, 1.165) is 34.9 Å². The smallest absolute Gasteiger partial charge is 0.267 e. The summed E-state index contributed by atoms with van der Waals surface area (Å²) in [7, 11) is 0. The number of hydrogen-bond donors (Lipinski definition) is 2. The molecule has 0 aliphatic rings. The van der Waals surface area contributed by atoms with Gasteiger partial charge in [0.25, 0.3) is 5.91 Å². The molecule has 0 aliphatic heterocycles.